The molecule has 0 aliphatic carbocycles. The first-order valence-electron chi connectivity index (χ1n) is 4.60. The quantitative estimate of drug-likeness (QED) is 0.763. The van der Waals surface area contributed by atoms with Crippen molar-refractivity contribution in [3.05, 3.63) is 24.2 Å². The lowest BCUT2D eigenvalue weighted by molar-refractivity contribution is -0.121. The van der Waals surface area contributed by atoms with Crippen LogP contribution in [0.1, 0.15) is 19.1 Å². The Morgan fingerprint density at radius 3 is 3.07 bits per heavy atom. The first kappa shape index (κ1) is 11.1. The summed E-state index contributed by atoms with van der Waals surface area (Å²) in [6.45, 7) is 1.87. The highest BCUT2D eigenvalue weighted by atomic mass is 35.5. The summed E-state index contributed by atoms with van der Waals surface area (Å²) in [5, 5.41) is 2.78. The Hall–Kier alpha value is -0.960. The summed E-state index contributed by atoms with van der Waals surface area (Å²) in [6, 6.07) is 3.70. The Morgan fingerprint density at radius 1 is 1.71 bits per heavy atom. The van der Waals surface area contributed by atoms with E-state index in [1.54, 1.807) is 6.26 Å². The molecule has 3 nitrogen and oxygen atoms in total. The Balaban J connectivity index is 2.22. The minimum atomic E-state index is 0.00884. The fourth-order valence-electron chi connectivity index (χ4n) is 1.08. The summed E-state index contributed by atoms with van der Waals surface area (Å²) in [6.07, 6.45) is 2.68. The Morgan fingerprint density at radius 2 is 2.50 bits per heavy atom. The van der Waals surface area contributed by atoms with E-state index in [1.807, 2.05) is 19.1 Å². The van der Waals surface area contributed by atoms with Gasteiger partial charge in [0, 0.05) is 24.8 Å². The lowest BCUT2D eigenvalue weighted by atomic mass is 10.2. The second kappa shape index (κ2) is 5.70. The minimum Gasteiger partial charge on any atom is -0.469 e. The summed E-state index contributed by atoms with van der Waals surface area (Å²) in [4.78, 5) is 11.3. The summed E-state index contributed by atoms with van der Waals surface area (Å²) in [7, 11) is 0. The highest BCUT2D eigenvalue weighted by Crippen LogP contribution is 2.03. The topological polar surface area (TPSA) is 42.2 Å². The molecule has 1 atom stereocenters. The van der Waals surface area contributed by atoms with Gasteiger partial charge in [0.15, 0.2) is 0 Å². The van der Waals surface area contributed by atoms with Gasteiger partial charge < -0.3 is 9.73 Å². The molecule has 1 heterocycles. The second-order valence-corrected chi connectivity index (χ2v) is 3.51. The number of furan rings is 1. The van der Waals surface area contributed by atoms with Crippen molar-refractivity contribution in [2.24, 2.45) is 0 Å². The molecule has 1 rings (SSSR count). The van der Waals surface area contributed by atoms with E-state index in [4.69, 9.17) is 16.0 Å². The molecule has 0 spiro atoms. The molecule has 4 heteroatoms. The van der Waals surface area contributed by atoms with Crippen molar-refractivity contribution in [3.63, 3.8) is 0 Å². The fraction of sp³-hybridized carbons (Fsp3) is 0.500. The molecule has 0 aliphatic heterocycles. The number of alkyl halides is 1. The molecule has 1 N–H and O–H groups in total. The molecular weight excluding hydrogens is 202 g/mol. The van der Waals surface area contributed by atoms with Crippen LogP contribution in [0.2, 0.25) is 0 Å². The van der Waals surface area contributed by atoms with E-state index in [0.717, 1.165) is 5.76 Å². The first-order valence-corrected chi connectivity index (χ1v) is 5.13. The largest absolute Gasteiger partial charge is 0.469 e. The molecule has 1 aromatic heterocycles. The Kier molecular flexibility index (Phi) is 4.53. The van der Waals surface area contributed by atoms with E-state index < -0.39 is 0 Å². The zero-order chi connectivity index (χ0) is 10.4. The predicted octanol–water partition coefficient (Wildman–Crippen LogP) is 1.96. The second-order valence-electron chi connectivity index (χ2n) is 3.20. The predicted molar refractivity (Wildman–Crippen MR) is 55.4 cm³/mol. The van der Waals surface area contributed by atoms with Gasteiger partial charge in [0.2, 0.25) is 5.91 Å². The van der Waals surface area contributed by atoms with Crippen molar-refractivity contribution in [1.29, 1.82) is 0 Å². The van der Waals surface area contributed by atoms with Gasteiger partial charge in [-0.05, 0) is 19.1 Å². The van der Waals surface area contributed by atoms with Crippen LogP contribution < -0.4 is 5.32 Å². The van der Waals surface area contributed by atoms with Crippen LogP contribution in [0.4, 0.5) is 0 Å². The van der Waals surface area contributed by atoms with Crippen LogP contribution in [0.3, 0.4) is 0 Å². The van der Waals surface area contributed by atoms with E-state index >= 15 is 0 Å². The maximum Gasteiger partial charge on any atom is 0.220 e. The molecule has 1 aromatic rings. The van der Waals surface area contributed by atoms with Crippen LogP contribution in [0, 0.1) is 0 Å². The van der Waals surface area contributed by atoms with Gasteiger partial charge in [-0.2, -0.15) is 0 Å². The van der Waals surface area contributed by atoms with E-state index in [2.05, 4.69) is 5.32 Å². The average molecular weight is 216 g/mol. The third-order valence-corrected chi connectivity index (χ3v) is 2.28. The number of carbonyl (C=O) groups is 1. The number of carbonyl (C=O) groups excluding carboxylic acids is 1. The van der Waals surface area contributed by atoms with Crippen molar-refractivity contribution < 1.29 is 9.21 Å². The zero-order valence-electron chi connectivity index (χ0n) is 8.13. The van der Waals surface area contributed by atoms with Gasteiger partial charge in [0.05, 0.1) is 6.26 Å². The molecule has 0 fully saturated rings. The number of amides is 1. The number of hydrogen-bond acceptors (Lipinski definition) is 2. The lowest BCUT2D eigenvalue weighted by Gasteiger charge is -2.09. The molecule has 78 valence electrons. The van der Waals surface area contributed by atoms with Crippen molar-refractivity contribution in [1.82, 2.24) is 5.32 Å². The van der Waals surface area contributed by atoms with Crippen LogP contribution in [0.15, 0.2) is 22.8 Å². The molecule has 1 amide bonds. The summed E-state index contributed by atoms with van der Waals surface area (Å²) in [5.41, 5.74) is 0. The Labute approximate surface area is 88.4 Å². The third-order valence-electron chi connectivity index (χ3n) is 1.82. The van der Waals surface area contributed by atoms with Crippen LogP contribution in [-0.2, 0) is 11.2 Å². The molecule has 1 unspecified atom stereocenters. The van der Waals surface area contributed by atoms with Crippen LogP contribution in [-0.4, -0.2) is 17.8 Å². The maximum atomic E-state index is 11.3. The van der Waals surface area contributed by atoms with Gasteiger partial charge in [-0.25, -0.2) is 0 Å². The summed E-state index contributed by atoms with van der Waals surface area (Å²) < 4.78 is 5.11. The molecule has 0 saturated heterocycles. The average Bonchev–Trinajstić information content (AvgIpc) is 2.67. The third kappa shape index (κ3) is 3.83. The molecule has 0 saturated carbocycles. The van der Waals surface area contributed by atoms with Crippen LogP contribution in [0.25, 0.3) is 0 Å². The number of halogens is 1. The lowest BCUT2D eigenvalue weighted by Crippen LogP contribution is -2.33. The van der Waals surface area contributed by atoms with E-state index in [-0.39, 0.29) is 11.9 Å². The van der Waals surface area contributed by atoms with Crippen LogP contribution >= 0.6 is 11.6 Å². The highest BCUT2D eigenvalue weighted by molar-refractivity contribution is 6.18. The number of nitrogens with one attached hydrogen (secondary N) is 1. The maximum absolute atomic E-state index is 11.3. The smallest absolute Gasteiger partial charge is 0.220 e. The monoisotopic (exact) mass is 215 g/mol. The summed E-state index contributed by atoms with van der Waals surface area (Å²) >= 11 is 5.56. The SMILES string of the molecule is CC(CCl)NC(=O)CCc1ccco1. The van der Waals surface area contributed by atoms with Gasteiger partial charge in [-0.3, -0.25) is 4.79 Å². The molecule has 14 heavy (non-hydrogen) atoms. The van der Waals surface area contributed by atoms with Gasteiger partial charge in [0.25, 0.3) is 0 Å². The number of aryl methyl sites for hydroxylation is 1. The molecular formula is C10H14ClNO2. The van der Waals surface area contributed by atoms with Crippen molar-refractivity contribution >= 4 is 17.5 Å². The van der Waals surface area contributed by atoms with Crippen molar-refractivity contribution in [3.8, 4) is 0 Å². The molecule has 0 bridgehead atoms. The summed E-state index contributed by atoms with van der Waals surface area (Å²) in [5.74, 6) is 1.28. The molecule has 0 aromatic carbocycles. The fourth-order valence-corrected chi connectivity index (χ4v) is 1.15. The van der Waals surface area contributed by atoms with E-state index in [0.29, 0.717) is 18.7 Å². The Bertz CT molecular complexity index is 272. The first-order chi connectivity index (χ1) is 6.72. The van der Waals surface area contributed by atoms with Crippen molar-refractivity contribution in [2.75, 3.05) is 5.88 Å². The number of rotatable bonds is 5. The van der Waals surface area contributed by atoms with E-state index in [1.165, 1.54) is 0 Å². The number of hydrogen-bond donors (Lipinski definition) is 1. The van der Waals surface area contributed by atoms with E-state index in [9.17, 15) is 4.79 Å². The van der Waals surface area contributed by atoms with Gasteiger partial charge in [-0.1, -0.05) is 0 Å². The molecule has 0 radical (unpaired) electrons. The van der Waals surface area contributed by atoms with Gasteiger partial charge in [0.1, 0.15) is 5.76 Å². The highest BCUT2D eigenvalue weighted by Gasteiger charge is 2.06. The van der Waals surface area contributed by atoms with Gasteiger partial charge in [-0.15, -0.1) is 11.6 Å². The van der Waals surface area contributed by atoms with Crippen LogP contribution in [0.5, 0.6) is 0 Å². The standard InChI is InChI=1S/C10H14ClNO2/c1-8(7-11)12-10(13)5-4-9-3-2-6-14-9/h2-3,6,8H,4-5,7H2,1H3,(H,12,13). The normalized spacial score (nSPS) is 12.4. The van der Waals surface area contributed by atoms with Crippen molar-refractivity contribution in [2.45, 2.75) is 25.8 Å². The van der Waals surface area contributed by atoms with Gasteiger partial charge >= 0.3 is 0 Å². The minimum absolute atomic E-state index is 0.00884. The zero-order valence-corrected chi connectivity index (χ0v) is 8.88. The molecule has 0 aliphatic rings.